The molecule has 0 N–H and O–H groups in total. The van der Waals surface area contributed by atoms with E-state index in [4.69, 9.17) is 4.74 Å². The van der Waals surface area contributed by atoms with E-state index in [1.54, 1.807) is 0 Å². The second-order valence-corrected chi connectivity index (χ2v) is 6.80. The first kappa shape index (κ1) is 10.8. The summed E-state index contributed by atoms with van der Waals surface area (Å²) in [7, 11) is 0. The number of hydrogen-bond acceptors (Lipinski definition) is 1. The molecular weight excluding hydrogens is 196 g/mol. The molecule has 3 rings (SSSR count). The second-order valence-electron chi connectivity index (χ2n) is 6.80. The molecule has 0 aromatic heterocycles. The molecule has 0 aromatic carbocycles. The Morgan fingerprint density at radius 2 is 2.06 bits per heavy atom. The van der Waals surface area contributed by atoms with Crippen molar-refractivity contribution in [3.05, 3.63) is 11.6 Å². The third kappa shape index (κ3) is 1.16. The Morgan fingerprint density at radius 3 is 2.81 bits per heavy atom. The fraction of sp³-hybridized carbons (Fsp3) is 0.867. The summed E-state index contributed by atoms with van der Waals surface area (Å²) < 4.78 is 6.37. The maximum Gasteiger partial charge on any atom is 0.0828 e. The van der Waals surface area contributed by atoms with E-state index in [-0.39, 0.29) is 5.60 Å². The van der Waals surface area contributed by atoms with Gasteiger partial charge >= 0.3 is 0 Å². The smallest absolute Gasteiger partial charge is 0.0828 e. The van der Waals surface area contributed by atoms with Crippen molar-refractivity contribution < 1.29 is 4.74 Å². The summed E-state index contributed by atoms with van der Waals surface area (Å²) in [4.78, 5) is 0. The van der Waals surface area contributed by atoms with E-state index in [0.29, 0.717) is 11.5 Å². The molecule has 1 aliphatic heterocycles. The molecule has 90 valence electrons. The molecule has 0 unspecified atom stereocenters. The molecule has 0 amide bonds. The molecule has 16 heavy (non-hydrogen) atoms. The average molecular weight is 220 g/mol. The third-order valence-electron chi connectivity index (χ3n) is 5.64. The summed E-state index contributed by atoms with van der Waals surface area (Å²) in [6.07, 6.45) is 8.25. The van der Waals surface area contributed by atoms with Gasteiger partial charge in [-0.3, -0.25) is 0 Å². The van der Waals surface area contributed by atoms with Gasteiger partial charge in [-0.1, -0.05) is 18.6 Å². The number of rotatable bonds is 0. The van der Waals surface area contributed by atoms with Crippen molar-refractivity contribution in [2.24, 2.45) is 17.3 Å². The molecule has 2 aliphatic carbocycles. The maximum atomic E-state index is 6.37. The van der Waals surface area contributed by atoms with Crippen molar-refractivity contribution in [2.45, 2.75) is 65.1 Å². The zero-order valence-electron chi connectivity index (χ0n) is 11.0. The van der Waals surface area contributed by atoms with Gasteiger partial charge in [0.2, 0.25) is 0 Å². The van der Waals surface area contributed by atoms with Crippen LogP contribution in [-0.4, -0.2) is 11.7 Å². The second kappa shape index (κ2) is 3.13. The molecule has 1 saturated carbocycles. The zero-order valence-corrected chi connectivity index (χ0v) is 11.0. The van der Waals surface area contributed by atoms with Crippen LogP contribution < -0.4 is 0 Å². The van der Waals surface area contributed by atoms with Gasteiger partial charge in [-0.05, 0) is 58.3 Å². The maximum absolute atomic E-state index is 6.37. The molecule has 1 spiro atoms. The Labute approximate surface area is 99.3 Å². The molecule has 3 aliphatic rings. The lowest BCUT2D eigenvalue weighted by molar-refractivity contribution is -0.0295. The van der Waals surface area contributed by atoms with Crippen molar-refractivity contribution in [1.82, 2.24) is 0 Å². The summed E-state index contributed by atoms with van der Waals surface area (Å²) in [5.41, 5.74) is 2.10. The summed E-state index contributed by atoms with van der Waals surface area (Å²) in [6.45, 7) is 9.32. The van der Waals surface area contributed by atoms with Crippen LogP contribution in [-0.2, 0) is 4.74 Å². The molecular formula is C15H24O. The van der Waals surface area contributed by atoms with Crippen LogP contribution in [0.3, 0.4) is 0 Å². The van der Waals surface area contributed by atoms with Crippen molar-refractivity contribution in [2.75, 3.05) is 0 Å². The minimum absolute atomic E-state index is 0.0938. The van der Waals surface area contributed by atoms with Crippen LogP contribution in [0.25, 0.3) is 0 Å². The van der Waals surface area contributed by atoms with Crippen molar-refractivity contribution in [3.8, 4) is 0 Å². The van der Waals surface area contributed by atoms with Gasteiger partial charge in [-0.25, -0.2) is 0 Å². The zero-order chi connectivity index (χ0) is 11.6. The normalized spacial score (nSPS) is 49.8. The summed E-state index contributed by atoms with van der Waals surface area (Å²) in [5.74, 6) is 1.62. The Hall–Kier alpha value is -0.300. The molecule has 1 saturated heterocycles. The van der Waals surface area contributed by atoms with Crippen molar-refractivity contribution >= 4 is 0 Å². The van der Waals surface area contributed by atoms with Crippen molar-refractivity contribution in [3.63, 3.8) is 0 Å². The third-order valence-corrected chi connectivity index (χ3v) is 5.64. The Kier molecular flexibility index (Phi) is 2.12. The van der Waals surface area contributed by atoms with Gasteiger partial charge in [-0.2, -0.15) is 0 Å². The van der Waals surface area contributed by atoms with Crippen molar-refractivity contribution in [1.29, 1.82) is 0 Å². The van der Waals surface area contributed by atoms with Crippen LogP contribution in [0.2, 0.25) is 0 Å². The number of allylic oxidation sites excluding steroid dienone is 1. The van der Waals surface area contributed by atoms with E-state index in [1.165, 1.54) is 31.3 Å². The fourth-order valence-electron chi connectivity index (χ4n) is 4.80. The highest BCUT2D eigenvalue weighted by atomic mass is 16.5. The molecule has 1 heterocycles. The molecule has 0 bridgehead atoms. The van der Waals surface area contributed by atoms with Crippen LogP contribution in [0, 0.1) is 17.3 Å². The van der Waals surface area contributed by atoms with Gasteiger partial charge in [0.25, 0.3) is 0 Å². The topological polar surface area (TPSA) is 9.23 Å². The predicted octanol–water partition coefficient (Wildman–Crippen LogP) is 3.94. The fourth-order valence-corrected chi connectivity index (χ4v) is 4.80. The molecule has 1 heteroatoms. The largest absolute Gasteiger partial charge is 0.367 e. The Bertz CT molecular complexity index is 341. The predicted molar refractivity (Wildman–Crippen MR) is 66.3 cm³/mol. The highest BCUT2D eigenvalue weighted by Gasteiger charge is 2.64. The number of ether oxygens (including phenoxy) is 1. The molecule has 0 aromatic rings. The number of hydrogen-bond donors (Lipinski definition) is 0. The highest BCUT2D eigenvalue weighted by Crippen LogP contribution is 2.64. The lowest BCUT2D eigenvalue weighted by Gasteiger charge is -2.40. The first-order valence-corrected chi connectivity index (χ1v) is 6.82. The summed E-state index contributed by atoms with van der Waals surface area (Å²) >= 11 is 0. The Balaban J connectivity index is 2.07. The quantitative estimate of drug-likeness (QED) is 0.562. The van der Waals surface area contributed by atoms with E-state index in [2.05, 4.69) is 33.8 Å². The summed E-state index contributed by atoms with van der Waals surface area (Å²) in [5, 5.41) is 0. The first-order valence-electron chi connectivity index (χ1n) is 6.82. The van der Waals surface area contributed by atoms with Crippen LogP contribution in [0.4, 0.5) is 0 Å². The molecule has 4 atom stereocenters. The van der Waals surface area contributed by atoms with Gasteiger partial charge < -0.3 is 4.74 Å². The van der Waals surface area contributed by atoms with Gasteiger partial charge in [0, 0.05) is 5.41 Å². The average Bonchev–Trinajstić information content (AvgIpc) is 2.61. The minimum Gasteiger partial charge on any atom is -0.367 e. The summed E-state index contributed by atoms with van der Waals surface area (Å²) in [6, 6.07) is 0. The first-order chi connectivity index (χ1) is 7.47. The van der Waals surface area contributed by atoms with E-state index in [0.717, 1.165) is 11.8 Å². The van der Waals surface area contributed by atoms with Gasteiger partial charge in [-0.15, -0.1) is 0 Å². The molecule has 2 fully saturated rings. The van der Waals surface area contributed by atoms with Gasteiger partial charge in [0.05, 0.1) is 11.7 Å². The van der Waals surface area contributed by atoms with Crippen LogP contribution in [0.5, 0.6) is 0 Å². The minimum atomic E-state index is 0.0938. The van der Waals surface area contributed by atoms with Gasteiger partial charge in [0.15, 0.2) is 0 Å². The van der Waals surface area contributed by atoms with E-state index in [1.807, 2.05) is 0 Å². The van der Waals surface area contributed by atoms with Crippen LogP contribution in [0.1, 0.15) is 53.4 Å². The van der Waals surface area contributed by atoms with Gasteiger partial charge in [0.1, 0.15) is 0 Å². The van der Waals surface area contributed by atoms with Crippen LogP contribution in [0.15, 0.2) is 11.6 Å². The monoisotopic (exact) mass is 220 g/mol. The SMILES string of the molecule is CC1=C[C@H]2OC(C)(C)[C@@H]3CC[C@@H](C)[C@]23CC1. The lowest BCUT2D eigenvalue weighted by atomic mass is 9.62. The molecule has 1 nitrogen and oxygen atoms in total. The standard InChI is InChI=1S/C15H24O/c1-10-7-8-15-11(2)5-6-12(15)14(3,4)16-13(15)9-10/h9,11-13H,5-8H2,1-4H3/t11-,12+,13-,15+/m1/s1. The molecule has 0 radical (unpaired) electrons. The van der Waals surface area contributed by atoms with E-state index < -0.39 is 0 Å². The highest BCUT2D eigenvalue weighted by molar-refractivity contribution is 5.22. The van der Waals surface area contributed by atoms with E-state index >= 15 is 0 Å². The van der Waals surface area contributed by atoms with Crippen LogP contribution >= 0.6 is 0 Å². The Morgan fingerprint density at radius 1 is 1.31 bits per heavy atom. The lowest BCUT2D eigenvalue weighted by Crippen LogP contribution is -2.40. The van der Waals surface area contributed by atoms with E-state index in [9.17, 15) is 0 Å².